The predicted molar refractivity (Wildman–Crippen MR) is 105 cm³/mol. The monoisotopic (exact) mass is 392 g/mol. The van der Waals surface area contributed by atoms with Gasteiger partial charge < -0.3 is 15.0 Å². The van der Waals surface area contributed by atoms with E-state index < -0.39 is 0 Å². The maximum atomic E-state index is 12.5. The van der Waals surface area contributed by atoms with Gasteiger partial charge in [-0.1, -0.05) is 6.42 Å². The van der Waals surface area contributed by atoms with Crippen molar-refractivity contribution in [1.29, 1.82) is 0 Å². The van der Waals surface area contributed by atoms with Crippen LogP contribution in [0, 0.1) is 23.7 Å². The van der Waals surface area contributed by atoms with Crippen molar-refractivity contribution in [2.45, 2.75) is 69.8 Å². The summed E-state index contributed by atoms with van der Waals surface area (Å²) in [6.45, 7) is 4.69. The Labute approximate surface area is 168 Å². The molecule has 7 nitrogen and oxygen atoms in total. The molecular weight excluding hydrogens is 356 g/mol. The van der Waals surface area contributed by atoms with Crippen molar-refractivity contribution in [3.05, 3.63) is 0 Å². The van der Waals surface area contributed by atoms with Crippen molar-refractivity contribution < 1.29 is 14.4 Å². The van der Waals surface area contributed by atoms with E-state index in [2.05, 4.69) is 21.0 Å². The summed E-state index contributed by atoms with van der Waals surface area (Å²) in [7, 11) is 0. The summed E-state index contributed by atoms with van der Waals surface area (Å²) in [6, 6.07) is 0.574. The van der Waals surface area contributed by atoms with Crippen molar-refractivity contribution in [3.63, 3.8) is 0 Å². The van der Waals surface area contributed by atoms with Gasteiger partial charge >= 0.3 is 0 Å². The predicted octanol–water partition coefficient (Wildman–Crippen LogP) is 1.21. The Bertz CT molecular complexity index is 544. The fraction of sp³-hybridized carbons (Fsp3) is 0.952. The number of nitrogens with zero attached hydrogens (tertiary/aromatic N) is 1. The van der Waals surface area contributed by atoms with Gasteiger partial charge in [-0.15, -0.1) is 0 Å². The Balaban J connectivity index is 1.09. The Morgan fingerprint density at radius 3 is 2.54 bits per heavy atom. The molecular formula is C21H36N4O3. The van der Waals surface area contributed by atoms with Gasteiger partial charge in [-0.05, 0) is 63.3 Å². The third kappa shape index (κ3) is 3.97. The van der Waals surface area contributed by atoms with Gasteiger partial charge in [0.1, 0.15) is 6.23 Å². The van der Waals surface area contributed by atoms with Crippen LogP contribution in [0.5, 0.6) is 0 Å². The van der Waals surface area contributed by atoms with E-state index >= 15 is 0 Å². The van der Waals surface area contributed by atoms with Gasteiger partial charge in [0.05, 0.1) is 12.8 Å². The van der Waals surface area contributed by atoms with Crippen molar-refractivity contribution in [3.8, 4) is 0 Å². The molecule has 3 N–H and O–H groups in total. The molecule has 1 aliphatic carbocycles. The van der Waals surface area contributed by atoms with Gasteiger partial charge in [-0.2, -0.15) is 5.48 Å². The molecule has 0 radical (unpaired) electrons. The molecule has 0 bridgehead atoms. The molecule has 5 atom stereocenters. The van der Waals surface area contributed by atoms with Gasteiger partial charge in [0.2, 0.25) is 5.91 Å². The Kier molecular flexibility index (Phi) is 5.88. The second-order valence-electron chi connectivity index (χ2n) is 9.56. The lowest BCUT2D eigenvalue weighted by Crippen LogP contribution is -2.51. The second kappa shape index (κ2) is 8.56. The molecule has 4 heterocycles. The van der Waals surface area contributed by atoms with Crippen LogP contribution in [0.4, 0.5) is 0 Å². The molecule has 1 amide bonds. The van der Waals surface area contributed by atoms with E-state index in [9.17, 15) is 4.79 Å². The molecule has 7 heteroatoms. The van der Waals surface area contributed by atoms with E-state index in [0.717, 1.165) is 58.5 Å². The van der Waals surface area contributed by atoms with Crippen LogP contribution in [-0.2, 0) is 14.4 Å². The summed E-state index contributed by atoms with van der Waals surface area (Å²) in [6.07, 6.45) is 9.38. The molecule has 4 saturated heterocycles. The van der Waals surface area contributed by atoms with E-state index in [4.69, 9.17) is 9.57 Å². The van der Waals surface area contributed by atoms with Crippen molar-refractivity contribution in [1.82, 2.24) is 21.0 Å². The average Bonchev–Trinajstić information content (AvgIpc) is 3.39. The largest absolute Gasteiger partial charge is 0.381 e. The number of nitrogens with one attached hydrogen (secondary N) is 3. The van der Waals surface area contributed by atoms with Crippen LogP contribution in [-0.4, -0.2) is 62.1 Å². The first-order valence-electron chi connectivity index (χ1n) is 11.5. The van der Waals surface area contributed by atoms with Gasteiger partial charge in [-0.3, -0.25) is 14.9 Å². The van der Waals surface area contributed by atoms with E-state index in [1.807, 2.05) is 0 Å². The van der Waals surface area contributed by atoms with Crippen molar-refractivity contribution in [2.24, 2.45) is 23.7 Å². The van der Waals surface area contributed by atoms with Crippen LogP contribution in [0.25, 0.3) is 0 Å². The molecule has 0 aromatic rings. The van der Waals surface area contributed by atoms with Crippen LogP contribution < -0.4 is 16.1 Å². The fourth-order valence-electron chi connectivity index (χ4n) is 5.71. The molecule has 0 aromatic heterocycles. The third-order valence-electron chi connectivity index (χ3n) is 7.88. The number of amides is 1. The molecule has 4 aliphatic heterocycles. The molecule has 5 rings (SSSR count). The molecule has 4 unspecified atom stereocenters. The average molecular weight is 393 g/mol. The van der Waals surface area contributed by atoms with Gasteiger partial charge in [0.15, 0.2) is 0 Å². The van der Waals surface area contributed by atoms with E-state index in [1.165, 1.54) is 25.7 Å². The number of ether oxygens (including phenoxy) is 1. The van der Waals surface area contributed by atoms with Crippen LogP contribution in [0.1, 0.15) is 51.4 Å². The zero-order valence-corrected chi connectivity index (χ0v) is 16.9. The first kappa shape index (κ1) is 19.2. The Hall–Kier alpha value is -0.730. The zero-order valence-electron chi connectivity index (χ0n) is 16.9. The first-order chi connectivity index (χ1) is 13.8. The Morgan fingerprint density at radius 1 is 0.964 bits per heavy atom. The topological polar surface area (TPSA) is 74.9 Å². The summed E-state index contributed by atoms with van der Waals surface area (Å²) >= 11 is 0. The lowest BCUT2D eigenvalue weighted by Gasteiger charge is -2.38. The van der Waals surface area contributed by atoms with Crippen LogP contribution in [0.3, 0.4) is 0 Å². The first-order valence-corrected chi connectivity index (χ1v) is 11.5. The highest BCUT2D eigenvalue weighted by atomic mass is 16.7. The van der Waals surface area contributed by atoms with Crippen LogP contribution >= 0.6 is 0 Å². The van der Waals surface area contributed by atoms with E-state index in [0.29, 0.717) is 35.6 Å². The minimum absolute atomic E-state index is 0.0779. The number of carbonyl (C=O) groups excluding carboxylic acids is 1. The summed E-state index contributed by atoms with van der Waals surface area (Å²) in [5.74, 6) is 2.47. The quantitative estimate of drug-likeness (QED) is 0.668. The third-order valence-corrected chi connectivity index (χ3v) is 7.88. The van der Waals surface area contributed by atoms with Gasteiger partial charge in [0.25, 0.3) is 0 Å². The molecule has 5 fully saturated rings. The number of hydroxylamine groups is 1. The summed E-state index contributed by atoms with van der Waals surface area (Å²) < 4.78 is 5.59. The number of piperidine rings is 2. The molecule has 1 saturated carbocycles. The number of likely N-dealkylation sites (tertiary alicyclic amines) is 1. The molecule has 0 aromatic carbocycles. The SMILES string of the molecule is O=C(C1CCC1)N1CCC(C2NC(C3CCNC([C@@H]4CCOC4)C3)NO2)CC1. The number of rotatable bonds is 4. The van der Waals surface area contributed by atoms with E-state index in [1.54, 1.807) is 0 Å². The van der Waals surface area contributed by atoms with Crippen LogP contribution in [0.15, 0.2) is 0 Å². The number of hydrogen-bond acceptors (Lipinski definition) is 6. The highest BCUT2D eigenvalue weighted by Gasteiger charge is 2.40. The standard InChI is InChI=1S/C21H36N4O3/c26-21(15-2-1-3-15)25-9-5-14(6-10-25)20-23-19(24-28-20)16-4-8-22-18(12-16)17-7-11-27-13-17/h14-20,22-24H,1-13H2/t16?,17-,18?,19?,20?/m1/s1. The zero-order chi connectivity index (χ0) is 18.9. The summed E-state index contributed by atoms with van der Waals surface area (Å²) in [4.78, 5) is 20.5. The van der Waals surface area contributed by atoms with Crippen molar-refractivity contribution in [2.75, 3.05) is 32.8 Å². The smallest absolute Gasteiger partial charge is 0.225 e. The number of hydrogen-bond donors (Lipinski definition) is 3. The van der Waals surface area contributed by atoms with Gasteiger partial charge in [0, 0.05) is 37.6 Å². The molecule has 158 valence electrons. The Morgan fingerprint density at radius 2 is 1.82 bits per heavy atom. The number of carbonyl (C=O) groups is 1. The minimum Gasteiger partial charge on any atom is -0.381 e. The molecule has 0 spiro atoms. The maximum Gasteiger partial charge on any atom is 0.225 e. The molecule has 28 heavy (non-hydrogen) atoms. The molecule has 5 aliphatic rings. The lowest BCUT2D eigenvalue weighted by atomic mass is 9.83. The van der Waals surface area contributed by atoms with Crippen LogP contribution in [0.2, 0.25) is 0 Å². The van der Waals surface area contributed by atoms with Gasteiger partial charge in [-0.25, -0.2) is 0 Å². The maximum absolute atomic E-state index is 12.5. The second-order valence-corrected chi connectivity index (χ2v) is 9.56. The van der Waals surface area contributed by atoms with Crippen molar-refractivity contribution >= 4 is 5.91 Å². The van der Waals surface area contributed by atoms with E-state index in [-0.39, 0.29) is 12.4 Å². The fourth-order valence-corrected chi connectivity index (χ4v) is 5.71. The summed E-state index contributed by atoms with van der Waals surface area (Å²) in [5, 5.41) is 7.44. The normalized spacial score (nSPS) is 40.6. The minimum atomic E-state index is 0.0779. The summed E-state index contributed by atoms with van der Waals surface area (Å²) in [5.41, 5.74) is 3.30. The highest BCUT2D eigenvalue weighted by molar-refractivity contribution is 5.79. The lowest BCUT2D eigenvalue weighted by molar-refractivity contribution is -0.140. The highest BCUT2D eigenvalue weighted by Crippen LogP contribution is 2.32.